The predicted molar refractivity (Wildman–Crippen MR) is 185 cm³/mol. The van der Waals surface area contributed by atoms with E-state index in [1.165, 1.54) is 27.9 Å². The number of hydrogen-bond donors (Lipinski definition) is 0. The predicted octanol–water partition coefficient (Wildman–Crippen LogP) is 10.8. The lowest BCUT2D eigenvalue weighted by Gasteiger charge is -2.23. The maximum Gasteiger partial charge on any atom is 0.136 e. The number of para-hydroxylation sites is 1. The van der Waals surface area contributed by atoms with Crippen LogP contribution in [-0.4, -0.2) is 4.57 Å². The summed E-state index contributed by atoms with van der Waals surface area (Å²) in [6, 6.07) is 38.7. The highest BCUT2D eigenvalue weighted by molar-refractivity contribution is 6.09. The first kappa shape index (κ1) is 26.6. The van der Waals surface area contributed by atoms with E-state index in [1.54, 1.807) is 0 Å². The summed E-state index contributed by atoms with van der Waals surface area (Å²) in [7, 11) is 0. The van der Waals surface area contributed by atoms with Crippen molar-refractivity contribution < 1.29 is 4.42 Å². The molecule has 0 saturated carbocycles. The van der Waals surface area contributed by atoms with Crippen molar-refractivity contribution in [2.75, 3.05) is 0 Å². The molecule has 2 aromatic heterocycles. The third kappa shape index (κ3) is 3.47. The summed E-state index contributed by atoms with van der Waals surface area (Å²) in [5.74, 6) is 0.134. The summed E-state index contributed by atoms with van der Waals surface area (Å²) in [6.45, 7) is 6.75. The molecule has 46 heavy (non-hydrogen) atoms. The van der Waals surface area contributed by atoms with Crippen LogP contribution in [0, 0.1) is 22.7 Å². The standard InChI is InChI=1S/C42H29N3O/c1-24-17-25(22-43)18-33-29-11-5-7-13-36(29)45(41(24)33)37-14-8-9-27(23-44)40(37)26-15-16-30-32-20-31-28-10-4-6-12-34(28)42(2,3)35(31)21-39(32)46-38(30)19-26/h4-16,18-21,24H,17H2,1-3H3. The zero-order valence-corrected chi connectivity index (χ0v) is 25.8. The molecule has 1 atom stereocenters. The molecule has 218 valence electrons. The fourth-order valence-electron chi connectivity index (χ4n) is 8.17. The Labute approximate surface area is 267 Å². The number of nitrogens with zero attached hydrogens (tertiary/aromatic N) is 3. The van der Waals surface area contributed by atoms with Crippen molar-refractivity contribution in [2.45, 2.75) is 38.5 Å². The molecule has 9 rings (SSSR count). The van der Waals surface area contributed by atoms with Gasteiger partial charge in [0.25, 0.3) is 0 Å². The molecule has 4 heteroatoms. The average molecular weight is 592 g/mol. The lowest BCUT2D eigenvalue weighted by molar-refractivity contribution is 0.647. The van der Waals surface area contributed by atoms with Gasteiger partial charge in [0.2, 0.25) is 0 Å². The summed E-state index contributed by atoms with van der Waals surface area (Å²) >= 11 is 0. The van der Waals surface area contributed by atoms with Crippen molar-refractivity contribution in [1.29, 1.82) is 10.5 Å². The molecular formula is C42H29N3O. The molecule has 7 aromatic rings. The molecule has 2 heterocycles. The quantitative estimate of drug-likeness (QED) is 0.201. The molecule has 2 aliphatic carbocycles. The number of nitriles is 2. The van der Waals surface area contributed by atoms with E-state index in [0.717, 1.165) is 60.8 Å². The number of aromatic nitrogens is 1. The number of fused-ring (bicyclic) bond motifs is 9. The van der Waals surface area contributed by atoms with Crippen molar-refractivity contribution in [2.24, 2.45) is 0 Å². The smallest absolute Gasteiger partial charge is 0.136 e. The van der Waals surface area contributed by atoms with Crippen LogP contribution < -0.4 is 0 Å². The van der Waals surface area contributed by atoms with Crippen LogP contribution in [-0.2, 0) is 5.41 Å². The summed E-state index contributed by atoms with van der Waals surface area (Å²) < 4.78 is 8.92. The van der Waals surface area contributed by atoms with E-state index in [2.05, 4.69) is 116 Å². The Hall–Kier alpha value is -5.84. The molecule has 5 aromatic carbocycles. The monoisotopic (exact) mass is 591 g/mol. The van der Waals surface area contributed by atoms with Crippen LogP contribution >= 0.6 is 0 Å². The van der Waals surface area contributed by atoms with Crippen molar-refractivity contribution >= 4 is 38.9 Å². The summed E-state index contributed by atoms with van der Waals surface area (Å²) in [5.41, 5.74) is 14.2. The topological polar surface area (TPSA) is 65.7 Å². The summed E-state index contributed by atoms with van der Waals surface area (Å²) in [6.07, 6.45) is 2.72. The lowest BCUT2D eigenvalue weighted by Crippen LogP contribution is -2.14. The Morgan fingerprint density at radius 2 is 1.57 bits per heavy atom. The van der Waals surface area contributed by atoms with Gasteiger partial charge in [0, 0.05) is 49.9 Å². The Kier molecular flexibility index (Phi) is 5.39. The van der Waals surface area contributed by atoms with Gasteiger partial charge in [-0.3, -0.25) is 0 Å². The number of rotatable bonds is 2. The number of furan rings is 1. The SMILES string of the molecule is CC1CC(C#N)=Cc2c1n(-c1cccc(C#N)c1-c1ccc3c(c1)oc1cc4c(cc13)-c1ccccc1C4(C)C)c1ccccc21. The van der Waals surface area contributed by atoms with E-state index >= 15 is 0 Å². The molecule has 0 N–H and O–H groups in total. The van der Waals surface area contributed by atoms with Crippen LogP contribution in [0.2, 0.25) is 0 Å². The van der Waals surface area contributed by atoms with Gasteiger partial charge in [-0.1, -0.05) is 75.4 Å². The van der Waals surface area contributed by atoms with E-state index in [0.29, 0.717) is 12.0 Å². The number of allylic oxidation sites excluding steroid dienone is 1. The van der Waals surface area contributed by atoms with Gasteiger partial charge in [-0.05, 0) is 82.8 Å². The minimum atomic E-state index is -0.107. The van der Waals surface area contributed by atoms with Crippen molar-refractivity contribution in [3.8, 4) is 40.1 Å². The van der Waals surface area contributed by atoms with Gasteiger partial charge in [0.05, 0.1) is 28.9 Å². The van der Waals surface area contributed by atoms with Crippen molar-refractivity contribution in [1.82, 2.24) is 4.57 Å². The van der Waals surface area contributed by atoms with Gasteiger partial charge < -0.3 is 8.98 Å². The van der Waals surface area contributed by atoms with Gasteiger partial charge in [0.15, 0.2) is 0 Å². The highest BCUT2D eigenvalue weighted by atomic mass is 16.3. The van der Waals surface area contributed by atoms with Gasteiger partial charge >= 0.3 is 0 Å². The zero-order valence-electron chi connectivity index (χ0n) is 25.8. The maximum absolute atomic E-state index is 10.4. The molecule has 0 amide bonds. The second-order valence-corrected chi connectivity index (χ2v) is 13.2. The summed E-state index contributed by atoms with van der Waals surface area (Å²) in [4.78, 5) is 0. The number of benzene rings is 5. The van der Waals surface area contributed by atoms with Crippen LogP contribution in [0.15, 0.2) is 107 Å². The first-order valence-corrected chi connectivity index (χ1v) is 15.8. The van der Waals surface area contributed by atoms with Gasteiger partial charge in [0.1, 0.15) is 11.2 Å². The van der Waals surface area contributed by atoms with Crippen molar-refractivity contribution in [3.63, 3.8) is 0 Å². The second-order valence-electron chi connectivity index (χ2n) is 13.2. The van der Waals surface area contributed by atoms with Crippen LogP contribution in [0.3, 0.4) is 0 Å². The molecule has 0 aliphatic heterocycles. The zero-order chi connectivity index (χ0) is 31.3. The lowest BCUT2D eigenvalue weighted by atomic mass is 9.82. The van der Waals surface area contributed by atoms with Crippen LogP contribution in [0.4, 0.5) is 0 Å². The highest BCUT2D eigenvalue weighted by Crippen LogP contribution is 2.51. The minimum absolute atomic E-state index is 0.107. The first-order valence-electron chi connectivity index (χ1n) is 15.8. The first-order chi connectivity index (χ1) is 22.4. The largest absolute Gasteiger partial charge is 0.456 e. The average Bonchev–Trinajstić information content (AvgIpc) is 3.69. The summed E-state index contributed by atoms with van der Waals surface area (Å²) in [5, 5.41) is 23.4. The van der Waals surface area contributed by atoms with E-state index in [9.17, 15) is 10.5 Å². The van der Waals surface area contributed by atoms with Crippen LogP contribution in [0.1, 0.15) is 61.1 Å². The van der Waals surface area contributed by atoms with Gasteiger partial charge in [-0.15, -0.1) is 0 Å². The minimum Gasteiger partial charge on any atom is -0.456 e. The molecule has 0 bridgehead atoms. The Morgan fingerprint density at radius 3 is 2.41 bits per heavy atom. The highest BCUT2D eigenvalue weighted by Gasteiger charge is 2.36. The molecule has 0 radical (unpaired) electrons. The molecule has 0 spiro atoms. The molecular weight excluding hydrogens is 562 g/mol. The van der Waals surface area contributed by atoms with Crippen LogP contribution in [0.25, 0.3) is 66.9 Å². The van der Waals surface area contributed by atoms with Gasteiger partial charge in [-0.2, -0.15) is 10.5 Å². The Balaban J connectivity index is 1.28. The third-order valence-corrected chi connectivity index (χ3v) is 10.3. The molecule has 4 nitrogen and oxygen atoms in total. The fraction of sp³-hybridized carbons (Fsp3) is 0.143. The molecule has 0 saturated heterocycles. The maximum atomic E-state index is 10.4. The van der Waals surface area contributed by atoms with Crippen molar-refractivity contribution in [3.05, 3.63) is 131 Å². The van der Waals surface area contributed by atoms with Crippen LogP contribution in [0.5, 0.6) is 0 Å². The Bertz CT molecular complexity index is 2580. The molecule has 0 fully saturated rings. The van der Waals surface area contributed by atoms with E-state index in [4.69, 9.17) is 4.42 Å². The molecule has 2 aliphatic rings. The fourth-order valence-corrected chi connectivity index (χ4v) is 8.17. The number of hydrogen-bond acceptors (Lipinski definition) is 3. The van der Waals surface area contributed by atoms with E-state index in [1.807, 2.05) is 24.3 Å². The molecule has 1 unspecified atom stereocenters. The second kappa shape index (κ2) is 9.33. The van der Waals surface area contributed by atoms with Gasteiger partial charge in [-0.25, -0.2) is 0 Å². The normalized spacial score (nSPS) is 16.1. The third-order valence-electron chi connectivity index (χ3n) is 10.3. The van der Waals surface area contributed by atoms with E-state index < -0.39 is 0 Å². The Morgan fingerprint density at radius 1 is 0.761 bits per heavy atom. The van der Waals surface area contributed by atoms with E-state index in [-0.39, 0.29) is 11.3 Å².